The van der Waals surface area contributed by atoms with Crippen LogP contribution in [0.2, 0.25) is 0 Å². The van der Waals surface area contributed by atoms with Crippen LogP contribution in [0.5, 0.6) is 0 Å². The van der Waals surface area contributed by atoms with Crippen molar-refractivity contribution < 1.29 is 8.42 Å². The molecule has 2 saturated heterocycles. The van der Waals surface area contributed by atoms with Crippen molar-refractivity contribution in [3.8, 4) is 0 Å². The molecule has 27 heavy (non-hydrogen) atoms. The molecule has 0 spiro atoms. The van der Waals surface area contributed by atoms with Gasteiger partial charge in [0, 0.05) is 19.6 Å². The van der Waals surface area contributed by atoms with E-state index in [4.69, 9.17) is 12.2 Å². The number of likely N-dealkylation sites (tertiary alicyclic amines) is 1. The van der Waals surface area contributed by atoms with Crippen LogP contribution >= 0.6 is 12.2 Å². The van der Waals surface area contributed by atoms with E-state index in [1.807, 2.05) is 12.1 Å². The van der Waals surface area contributed by atoms with Gasteiger partial charge in [-0.1, -0.05) is 6.42 Å². The monoisotopic (exact) mass is 408 g/mol. The van der Waals surface area contributed by atoms with E-state index >= 15 is 0 Å². The average molecular weight is 409 g/mol. The van der Waals surface area contributed by atoms with E-state index in [-0.39, 0.29) is 0 Å². The van der Waals surface area contributed by atoms with Crippen molar-refractivity contribution in [1.82, 2.24) is 18.3 Å². The molecule has 3 heterocycles. The standard InChI is InChI=1S/C19H28N4O2S2/c1-2-22-17-9-8-16(27(24,25)21-12-4-3-5-13-21)14-18(17)23(19(22)26)15-20-10-6-7-11-20/h8-9,14H,2-7,10-13,15H2,1H3. The van der Waals surface area contributed by atoms with Crippen LogP contribution in [0.1, 0.15) is 39.0 Å². The van der Waals surface area contributed by atoms with Crippen LogP contribution < -0.4 is 0 Å². The molecule has 2 aliphatic heterocycles. The predicted octanol–water partition coefficient (Wildman–Crippen LogP) is 3.42. The molecule has 4 rings (SSSR count). The average Bonchev–Trinajstić information content (AvgIpc) is 3.29. The summed E-state index contributed by atoms with van der Waals surface area (Å²) in [5.41, 5.74) is 1.94. The maximum Gasteiger partial charge on any atom is 0.243 e. The SMILES string of the molecule is CCn1c(=S)n(CN2CCCC2)c2cc(S(=O)(=O)N3CCCCC3)ccc21. The molecule has 0 bridgehead atoms. The van der Waals surface area contributed by atoms with Gasteiger partial charge in [-0.05, 0) is 76.1 Å². The Bertz CT molecular complexity index is 981. The molecular formula is C19H28N4O2S2. The third-order valence-electron chi connectivity index (χ3n) is 5.80. The minimum absolute atomic E-state index is 0.385. The normalized spacial score (nSPS) is 19.9. The Morgan fingerprint density at radius 1 is 0.926 bits per heavy atom. The number of benzene rings is 1. The van der Waals surface area contributed by atoms with Gasteiger partial charge in [0.1, 0.15) is 0 Å². The smallest absolute Gasteiger partial charge is 0.243 e. The van der Waals surface area contributed by atoms with Gasteiger partial charge in [-0.15, -0.1) is 0 Å². The highest BCUT2D eigenvalue weighted by Crippen LogP contribution is 2.26. The topological polar surface area (TPSA) is 50.5 Å². The van der Waals surface area contributed by atoms with E-state index in [0.717, 1.165) is 61.4 Å². The summed E-state index contributed by atoms with van der Waals surface area (Å²) in [7, 11) is -3.44. The van der Waals surface area contributed by atoms with Crippen LogP contribution in [0.25, 0.3) is 11.0 Å². The summed E-state index contributed by atoms with van der Waals surface area (Å²) in [6.45, 7) is 6.98. The summed E-state index contributed by atoms with van der Waals surface area (Å²) in [6.07, 6.45) is 5.43. The van der Waals surface area contributed by atoms with Crippen LogP contribution in [0.15, 0.2) is 23.1 Å². The summed E-state index contributed by atoms with van der Waals surface area (Å²) in [6, 6.07) is 5.50. The molecule has 0 atom stereocenters. The number of hydrogen-bond acceptors (Lipinski definition) is 4. The Hall–Kier alpha value is -1.22. The van der Waals surface area contributed by atoms with E-state index in [1.165, 1.54) is 12.8 Å². The lowest BCUT2D eigenvalue weighted by Gasteiger charge is -2.26. The van der Waals surface area contributed by atoms with Crippen molar-refractivity contribution >= 4 is 33.3 Å². The lowest BCUT2D eigenvalue weighted by Crippen LogP contribution is -2.35. The van der Waals surface area contributed by atoms with Gasteiger partial charge in [0.15, 0.2) is 4.77 Å². The van der Waals surface area contributed by atoms with Gasteiger partial charge >= 0.3 is 0 Å². The van der Waals surface area contributed by atoms with E-state index < -0.39 is 10.0 Å². The second kappa shape index (κ2) is 7.66. The van der Waals surface area contributed by atoms with Crippen molar-refractivity contribution in [3.05, 3.63) is 23.0 Å². The fourth-order valence-electron chi connectivity index (χ4n) is 4.28. The first-order valence-electron chi connectivity index (χ1n) is 9.98. The van der Waals surface area contributed by atoms with Crippen LogP contribution in [-0.4, -0.2) is 52.9 Å². The first-order valence-corrected chi connectivity index (χ1v) is 11.8. The number of aromatic nitrogens is 2. The summed E-state index contributed by atoms with van der Waals surface area (Å²) in [4.78, 5) is 2.77. The summed E-state index contributed by atoms with van der Waals surface area (Å²) in [5, 5.41) is 0. The van der Waals surface area contributed by atoms with Crippen molar-refractivity contribution in [1.29, 1.82) is 0 Å². The number of rotatable bonds is 5. The molecule has 0 amide bonds. The van der Waals surface area contributed by atoms with Crippen molar-refractivity contribution in [2.75, 3.05) is 26.2 Å². The Kier molecular flexibility index (Phi) is 5.42. The van der Waals surface area contributed by atoms with Crippen molar-refractivity contribution in [2.24, 2.45) is 0 Å². The van der Waals surface area contributed by atoms with Gasteiger partial charge < -0.3 is 9.13 Å². The molecule has 0 N–H and O–H groups in total. The Balaban J connectivity index is 1.79. The van der Waals surface area contributed by atoms with Crippen molar-refractivity contribution in [3.63, 3.8) is 0 Å². The molecule has 0 radical (unpaired) electrons. The minimum atomic E-state index is -3.44. The van der Waals surface area contributed by atoms with E-state index in [2.05, 4.69) is 21.0 Å². The number of imidazole rings is 1. The lowest BCUT2D eigenvalue weighted by atomic mass is 10.2. The fraction of sp³-hybridized carbons (Fsp3) is 0.632. The quantitative estimate of drug-likeness (QED) is 0.712. The molecule has 1 aromatic heterocycles. The maximum absolute atomic E-state index is 13.1. The van der Waals surface area contributed by atoms with E-state index in [1.54, 1.807) is 10.4 Å². The number of sulfonamides is 1. The molecule has 148 valence electrons. The summed E-state index contributed by atoms with van der Waals surface area (Å²) in [5.74, 6) is 0. The van der Waals surface area contributed by atoms with Gasteiger partial charge in [-0.25, -0.2) is 8.42 Å². The zero-order valence-electron chi connectivity index (χ0n) is 15.9. The van der Waals surface area contributed by atoms with Crippen LogP contribution in [0.3, 0.4) is 0 Å². The highest BCUT2D eigenvalue weighted by atomic mass is 32.2. The largest absolute Gasteiger partial charge is 0.317 e. The Morgan fingerprint density at radius 2 is 1.59 bits per heavy atom. The highest BCUT2D eigenvalue weighted by molar-refractivity contribution is 7.89. The van der Waals surface area contributed by atoms with Gasteiger partial charge in [0.05, 0.1) is 22.6 Å². The zero-order chi connectivity index (χ0) is 19.0. The predicted molar refractivity (Wildman–Crippen MR) is 110 cm³/mol. The molecule has 0 aliphatic carbocycles. The number of aryl methyl sites for hydroxylation is 1. The molecule has 6 nitrogen and oxygen atoms in total. The van der Waals surface area contributed by atoms with E-state index in [0.29, 0.717) is 18.0 Å². The number of fused-ring (bicyclic) bond motifs is 1. The molecule has 8 heteroatoms. The Labute approximate surface area is 166 Å². The van der Waals surface area contributed by atoms with Gasteiger partial charge in [-0.2, -0.15) is 4.31 Å². The third-order valence-corrected chi connectivity index (χ3v) is 8.13. The fourth-order valence-corrected chi connectivity index (χ4v) is 6.20. The summed E-state index contributed by atoms with van der Waals surface area (Å²) < 4.78 is 32.8. The maximum atomic E-state index is 13.1. The van der Waals surface area contributed by atoms with Crippen LogP contribution in [0, 0.1) is 4.77 Å². The second-order valence-corrected chi connectivity index (χ2v) is 9.84. The van der Waals surface area contributed by atoms with E-state index in [9.17, 15) is 8.42 Å². The first kappa shape index (κ1) is 19.1. The molecule has 0 saturated carbocycles. The van der Waals surface area contributed by atoms with Gasteiger partial charge in [-0.3, -0.25) is 4.90 Å². The number of piperidine rings is 1. The molecule has 2 aromatic rings. The Morgan fingerprint density at radius 3 is 2.26 bits per heavy atom. The van der Waals surface area contributed by atoms with Crippen LogP contribution in [0.4, 0.5) is 0 Å². The zero-order valence-corrected chi connectivity index (χ0v) is 17.6. The number of nitrogens with zero attached hydrogens (tertiary/aromatic N) is 4. The lowest BCUT2D eigenvalue weighted by molar-refractivity contribution is 0.271. The summed E-state index contributed by atoms with van der Waals surface area (Å²) >= 11 is 5.73. The molecule has 1 aromatic carbocycles. The van der Waals surface area contributed by atoms with Gasteiger partial charge in [0.2, 0.25) is 10.0 Å². The second-order valence-electron chi connectivity index (χ2n) is 7.54. The molecule has 0 unspecified atom stereocenters. The highest BCUT2D eigenvalue weighted by Gasteiger charge is 2.27. The number of hydrogen-bond donors (Lipinski definition) is 0. The van der Waals surface area contributed by atoms with Gasteiger partial charge in [0.25, 0.3) is 0 Å². The molecular weight excluding hydrogens is 380 g/mol. The van der Waals surface area contributed by atoms with Crippen LogP contribution in [-0.2, 0) is 23.2 Å². The molecule has 2 aliphatic rings. The van der Waals surface area contributed by atoms with Crippen molar-refractivity contribution in [2.45, 2.75) is 57.1 Å². The third kappa shape index (κ3) is 3.48. The minimum Gasteiger partial charge on any atom is -0.317 e. The first-order chi connectivity index (χ1) is 13.0. The molecule has 2 fully saturated rings.